The number of ether oxygens (including phenoxy) is 1. The number of hydrogen-bond acceptors (Lipinski definition) is 3. The van der Waals surface area contributed by atoms with E-state index >= 15 is 0 Å². The van der Waals surface area contributed by atoms with E-state index in [1.807, 2.05) is 54.6 Å². The summed E-state index contributed by atoms with van der Waals surface area (Å²) in [5.41, 5.74) is 3.17. The number of nitrogens with one attached hydrogen (secondary N) is 2. The van der Waals surface area contributed by atoms with Gasteiger partial charge in [0.25, 0.3) is 0 Å². The van der Waals surface area contributed by atoms with Crippen molar-refractivity contribution in [2.75, 3.05) is 5.32 Å². The summed E-state index contributed by atoms with van der Waals surface area (Å²) >= 11 is 0. The molecule has 2 aromatic carbocycles. The molecule has 2 atom stereocenters. The molecule has 22 heavy (non-hydrogen) atoms. The van der Waals surface area contributed by atoms with Crippen LogP contribution >= 0.6 is 0 Å². The molecule has 0 saturated heterocycles. The predicted molar refractivity (Wildman–Crippen MR) is 86.6 cm³/mol. The van der Waals surface area contributed by atoms with Gasteiger partial charge < -0.3 is 15.4 Å². The Morgan fingerprint density at radius 3 is 2.73 bits per heavy atom. The highest BCUT2D eigenvalue weighted by Gasteiger charge is 2.25. The van der Waals surface area contributed by atoms with Crippen LogP contribution in [0.3, 0.4) is 0 Å². The Labute approximate surface area is 130 Å². The molecule has 0 saturated carbocycles. The monoisotopic (exact) mass is 296 g/mol. The molecular weight excluding hydrogens is 276 g/mol. The molecule has 0 radical (unpaired) electrons. The van der Waals surface area contributed by atoms with Gasteiger partial charge in [-0.2, -0.15) is 0 Å². The number of carbonyl (C=O) groups excluding carboxylic acids is 1. The minimum Gasteiger partial charge on any atom is -0.445 e. The lowest BCUT2D eigenvalue weighted by Crippen LogP contribution is -2.36. The molecule has 1 aliphatic heterocycles. The highest BCUT2D eigenvalue weighted by molar-refractivity contribution is 5.69. The van der Waals surface area contributed by atoms with Crippen LogP contribution in [0.5, 0.6) is 0 Å². The molecule has 0 unspecified atom stereocenters. The van der Waals surface area contributed by atoms with Gasteiger partial charge in [0.2, 0.25) is 0 Å². The first-order valence-electron chi connectivity index (χ1n) is 7.55. The average Bonchev–Trinajstić information content (AvgIpc) is 2.54. The van der Waals surface area contributed by atoms with E-state index in [0.717, 1.165) is 23.2 Å². The molecule has 1 amide bonds. The van der Waals surface area contributed by atoms with E-state index in [4.69, 9.17) is 4.74 Å². The minimum absolute atomic E-state index is 0.0178. The Bertz CT molecular complexity index is 643. The topological polar surface area (TPSA) is 50.4 Å². The van der Waals surface area contributed by atoms with Gasteiger partial charge in [-0.1, -0.05) is 48.5 Å². The van der Waals surface area contributed by atoms with Crippen LogP contribution in [0.15, 0.2) is 54.6 Å². The minimum atomic E-state index is -0.377. The van der Waals surface area contributed by atoms with E-state index in [9.17, 15) is 4.79 Å². The van der Waals surface area contributed by atoms with Gasteiger partial charge in [0.05, 0.1) is 6.04 Å². The number of amides is 1. The van der Waals surface area contributed by atoms with Gasteiger partial charge in [0.15, 0.2) is 0 Å². The fourth-order valence-electron chi connectivity index (χ4n) is 2.78. The van der Waals surface area contributed by atoms with Crippen LogP contribution in [0.4, 0.5) is 10.5 Å². The number of carbonyl (C=O) groups is 1. The number of para-hydroxylation sites is 1. The maximum absolute atomic E-state index is 12.0. The second-order valence-electron chi connectivity index (χ2n) is 5.63. The van der Waals surface area contributed by atoms with E-state index in [2.05, 4.69) is 17.6 Å². The van der Waals surface area contributed by atoms with Crippen LogP contribution in [0, 0.1) is 0 Å². The summed E-state index contributed by atoms with van der Waals surface area (Å²) < 4.78 is 5.31. The molecular formula is C18H20N2O2. The lowest BCUT2D eigenvalue weighted by molar-refractivity contribution is 0.134. The Morgan fingerprint density at radius 2 is 1.91 bits per heavy atom. The summed E-state index contributed by atoms with van der Waals surface area (Å²) in [7, 11) is 0. The highest BCUT2D eigenvalue weighted by Crippen LogP contribution is 2.32. The quantitative estimate of drug-likeness (QED) is 0.904. The number of benzene rings is 2. The molecule has 0 aliphatic carbocycles. The molecule has 0 spiro atoms. The lowest BCUT2D eigenvalue weighted by Gasteiger charge is -2.31. The molecule has 4 nitrogen and oxygen atoms in total. The largest absolute Gasteiger partial charge is 0.445 e. The number of alkyl carbamates (subject to hydrolysis) is 1. The van der Waals surface area contributed by atoms with Crippen LogP contribution in [-0.4, -0.2) is 12.1 Å². The van der Waals surface area contributed by atoms with Gasteiger partial charge in [-0.3, -0.25) is 0 Å². The van der Waals surface area contributed by atoms with Crippen LogP contribution in [0.2, 0.25) is 0 Å². The molecule has 3 rings (SSSR count). The Balaban J connectivity index is 1.62. The SMILES string of the molecule is C[C@@H]1C[C@@H](NC(=O)OCc2ccccc2)c2ccccc2N1. The van der Waals surface area contributed by atoms with Gasteiger partial charge in [-0.05, 0) is 30.5 Å². The van der Waals surface area contributed by atoms with Crippen LogP contribution in [-0.2, 0) is 11.3 Å². The van der Waals surface area contributed by atoms with Crippen molar-refractivity contribution in [3.8, 4) is 0 Å². The first-order chi connectivity index (χ1) is 10.7. The summed E-state index contributed by atoms with van der Waals surface area (Å²) in [6.45, 7) is 2.40. The molecule has 0 bridgehead atoms. The van der Waals surface area contributed by atoms with E-state index in [1.54, 1.807) is 0 Å². The number of rotatable bonds is 3. The predicted octanol–water partition coefficient (Wildman–Crippen LogP) is 3.86. The molecule has 2 aromatic rings. The Hall–Kier alpha value is -2.49. The third-order valence-corrected chi connectivity index (χ3v) is 3.83. The van der Waals surface area contributed by atoms with Crippen molar-refractivity contribution in [2.45, 2.75) is 32.0 Å². The molecule has 1 aliphatic rings. The number of anilines is 1. The Morgan fingerprint density at radius 1 is 1.18 bits per heavy atom. The third kappa shape index (κ3) is 3.39. The first-order valence-corrected chi connectivity index (χ1v) is 7.55. The summed E-state index contributed by atoms with van der Waals surface area (Å²) in [5, 5.41) is 6.40. The highest BCUT2D eigenvalue weighted by atomic mass is 16.5. The second kappa shape index (κ2) is 6.52. The van der Waals surface area contributed by atoms with Crippen LogP contribution in [0.25, 0.3) is 0 Å². The van der Waals surface area contributed by atoms with Gasteiger partial charge in [-0.15, -0.1) is 0 Å². The van der Waals surface area contributed by atoms with Crippen molar-refractivity contribution in [1.29, 1.82) is 0 Å². The number of hydrogen-bond donors (Lipinski definition) is 2. The van der Waals surface area contributed by atoms with Crippen molar-refractivity contribution in [3.63, 3.8) is 0 Å². The maximum Gasteiger partial charge on any atom is 0.407 e. The van der Waals surface area contributed by atoms with Crippen LogP contribution < -0.4 is 10.6 Å². The zero-order valence-corrected chi connectivity index (χ0v) is 12.6. The maximum atomic E-state index is 12.0. The Kier molecular flexibility index (Phi) is 4.28. The van der Waals surface area contributed by atoms with Gasteiger partial charge in [-0.25, -0.2) is 4.79 Å². The van der Waals surface area contributed by atoms with Crippen molar-refractivity contribution >= 4 is 11.8 Å². The average molecular weight is 296 g/mol. The van der Waals surface area contributed by atoms with E-state index in [0.29, 0.717) is 6.04 Å². The second-order valence-corrected chi connectivity index (χ2v) is 5.63. The standard InChI is InChI=1S/C18H20N2O2/c1-13-11-17(15-9-5-6-10-16(15)19-13)20-18(21)22-12-14-7-3-2-4-8-14/h2-10,13,17,19H,11-12H2,1H3,(H,20,21)/t13-,17-/m1/s1. The van der Waals surface area contributed by atoms with Crippen molar-refractivity contribution < 1.29 is 9.53 Å². The smallest absolute Gasteiger partial charge is 0.407 e. The fraction of sp³-hybridized carbons (Fsp3) is 0.278. The molecule has 114 valence electrons. The zero-order valence-electron chi connectivity index (χ0n) is 12.6. The van der Waals surface area contributed by atoms with E-state index < -0.39 is 0 Å². The van der Waals surface area contributed by atoms with E-state index in [-0.39, 0.29) is 18.7 Å². The molecule has 4 heteroatoms. The summed E-state index contributed by atoms with van der Waals surface area (Å²) in [6.07, 6.45) is 0.468. The van der Waals surface area contributed by atoms with Gasteiger partial charge in [0.1, 0.15) is 6.61 Å². The molecule has 0 fully saturated rings. The molecule has 2 N–H and O–H groups in total. The molecule has 1 heterocycles. The fourth-order valence-corrected chi connectivity index (χ4v) is 2.78. The van der Waals surface area contributed by atoms with E-state index in [1.165, 1.54) is 0 Å². The van der Waals surface area contributed by atoms with Crippen molar-refractivity contribution in [1.82, 2.24) is 5.32 Å². The van der Waals surface area contributed by atoms with Crippen molar-refractivity contribution in [2.24, 2.45) is 0 Å². The lowest BCUT2D eigenvalue weighted by atomic mass is 9.94. The number of fused-ring (bicyclic) bond motifs is 1. The van der Waals surface area contributed by atoms with Gasteiger partial charge in [0, 0.05) is 11.7 Å². The van der Waals surface area contributed by atoms with Crippen molar-refractivity contribution in [3.05, 3.63) is 65.7 Å². The molecule has 0 aromatic heterocycles. The third-order valence-electron chi connectivity index (χ3n) is 3.83. The summed E-state index contributed by atoms with van der Waals surface area (Å²) in [4.78, 5) is 12.0. The van der Waals surface area contributed by atoms with Gasteiger partial charge >= 0.3 is 6.09 Å². The normalized spacial score (nSPS) is 19.7. The first kappa shape index (κ1) is 14.4. The zero-order chi connectivity index (χ0) is 15.4. The van der Waals surface area contributed by atoms with Crippen LogP contribution in [0.1, 0.15) is 30.5 Å². The summed E-state index contributed by atoms with van der Waals surface area (Å²) in [6, 6.07) is 18.0. The summed E-state index contributed by atoms with van der Waals surface area (Å²) in [5.74, 6) is 0.